The van der Waals surface area contributed by atoms with E-state index >= 15 is 0 Å². The molecule has 1 heteroatoms. The summed E-state index contributed by atoms with van der Waals surface area (Å²) in [6.07, 6.45) is 6.34. The largest absolute Gasteiger partial charge is 0.328 e. The van der Waals surface area contributed by atoms with Crippen molar-refractivity contribution in [3.63, 3.8) is 0 Å². The Hall–Kier alpha value is -0.0400. The van der Waals surface area contributed by atoms with E-state index in [9.17, 15) is 0 Å². The Bertz CT molecular complexity index is 152. The van der Waals surface area contributed by atoms with Gasteiger partial charge >= 0.3 is 0 Å². The van der Waals surface area contributed by atoms with Crippen LogP contribution < -0.4 is 5.73 Å². The van der Waals surface area contributed by atoms with Crippen molar-refractivity contribution in [3.8, 4) is 0 Å². The molecule has 0 aromatic carbocycles. The van der Waals surface area contributed by atoms with Crippen LogP contribution in [0.25, 0.3) is 0 Å². The first kappa shape index (κ1) is 11.0. The maximum Gasteiger partial charge on any atom is 0.00392 e. The molecule has 0 aromatic heterocycles. The third kappa shape index (κ3) is 3.68. The summed E-state index contributed by atoms with van der Waals surface area (Å²) >= 11 is 0. The van der Waals surface area contributed by atoms with Crippen molar-refractivity contribution in [2.24, 2.45) is 16.6 Å². The third-order valence-electron chi connectivity index (χ3n) is 3.34. The maximum absolute atomic E-state index is 6.05. The highest BCUT2D eigenvalue weighted by molar-refractivity contribution is 4.84. The van der Waals surface area contributed by atoms with Crippen molar-refractivity contribution in [1.29, 1.82) is 0 Å². The average molecular weight is 183 g/mol. The quantitative estimate of drug-likeness (QED) is 0.612. The van der Waals surface area contributed by atoms with E-state index in [0.29, 0.717) is 16.9 Å². The molecule has 13 heavy (non-hydrogen) atoms. The zero-order valence-electron chi connectivity index (χ0n) is 9.69. The van der Waals surface area contributed by atoms with Gasteiger partial charge in [0.2, 0.25) is 0 Å². The minimum Gasteiger partial charge on any atom is -0.328 e. The van der Waals surface area contributed by atoms with Crippen LogP contribution in [0, 0.1) is 10.8 Å². The fourth-order valence-electron chi connectivity index (χ4n) is 2.77. The summed E-state index contributed by atoms with van der Waals surface area (Å²) in [5.74, 6) is 0. The van der Waals surface area contributed by atoms with Gasteiger partial charge < -0.3 is 5.73 Å². The fraction of sp³-hybridized carbons (Fsp3) is 1.00. The van der Waals surface area contributed by atoms with Gasteiger partial charge in [0.15, 0.2) is 0 Å². The van der Waals surface area contributed by atoms with E-state index in [1.54, 1.807) is 0 Å². The van der Waals surface area contributed by atoms with E-state index < -0.39 is 0 Å². The normalized spacial score (nSPS) is 29.3. The molecular formula is C12H25N. The summed E-state index contributed by atoms with van der Waals surface area (Å²) in [5, 5.41) is 0. The van der Waals surface area contributed by atoms with Crippen LogP contribution in [0.15, 0.2) is 0 Å². The molecule has 0 aromatic rings. The van der Waals surface area contributed by atoms with E-state index in [0.717, 1.165) is 0 Å². The highest BCUT2D eigenvalue weighted by Crippen LogP contribution is 2.42. The first-order valence-corrected chi connectivity index (χ1v) is 5.56. The minimum absolute atomic E-state index is 0.443. The van der Waals surface area contributed by atoms with Crippen molar-refractivity contribution in [3.05, 3.63) is 0 Å². The Balaban J connectivity index is 2.64. The van der Waals surface area contributed by atoms with Crippen molar-refractivity contribution in [2.45, 2.75) is 65.8 Å². The van der Waals surface area contributed by atoms with Crippen LogP contribution in [0.4, 0.5) is 0 Å². The van der Waals surface area contributed by atoms with E-state index in [-0.39, 0.29) is 0 Å². The average Bonchev–Trinajstić information content (AvgIpc) is 1.94. The molecule has 78 valence electrons. The van der Waals surface area contributed by atoms with Crippen molar-refractivity contribution >= 4 is 0 Å². The Morgan fingerprint density at radius 1 is 0.923 bits per heavy atom. The maximum atomic E-state index is 6.05. The number of rotatable bonds is 0. The van der Waals surface area contributed by atoms with Crippen LogP contribution in [0.1, 0.15) is 59.8 Å². The smallest absolute Gasteiger partial charge is 0.00392 e. The Labute approximate surface area is 83.1 Å². The summed E-state index contributed by atoms with van der Waals surface area (Å²) < 4.78 is 0. The predicted molar refractivity (Wildman–Crippen MR) is 58.6 cm³/mol. The molecule has 0 atom stereocenters. The number of hydrogen-bond donors (Lipinski definition) is 1. The van der Waals surface area contributed by atoms with Crippen LogP contribution in [0.5, 0.6) is 0 Å². The van der Waals surface area contributed by atoms with E-state index in [1.165, 1.54) is 32.1 Å². The Morgan fingerprint density at radius 2 is 1.31 bits per heavy atom. The van der Waals surface area contributed by atoms with Gasteiger partial charge in [0.25, 0.3) is 0 Å². The molecule has 0 heterocycles. The van der Waals surface area contributed by atoms with E-state index in [4.69, 9.17) is 5.73 Å². The van der Waals surface area contributed by atoms with Crippen LogP contribution in [0.2, 0.25) is 0 Å². The van der Waals surface area contributed by atoms with Gasteiger partial charge in [-0.1, -0.05) is 27.7 Å². The molecule has 1 saturated carbocycles. The van der Waals surface area contributed by atoms with Crippen LogP contribution in [-0.2, 0) is 0 Å². The monoisotopic (exact) mass is 183 g/mol. The van der Waals surface area contributed by atoms with E-state index in [1.807, 2.05) is 0 Å². The second-order valence-electron chi connectivity index (χ2n) is 6.34. The minimum atomic E-state index is 0.443. The van der Waals surface area contributed by atoms with Gasteiger partial charge in [-0.05, 0) is 42.9 Å². The van der Waals surface area contributed by atoms with Crippen molar-refractivity contribution < 1.29 is 0 Å². The Kier molecular flexibility index (Phi) is 3.06. The molecule has 1 rings (SSSR count). The molecule has 0 saturated heterocycles. The molecule has 0 radical (unpaired) electrons. The van der Waals surface area contributed by atoms with Gasteiger partial charge in [-0.2, -0.15) is 0 Å². The Morgan fingerprint density at radius 3 is 1.69 bits per heavy atom. The molecule has 0 amide bonds. The van der Waals surface area contributed by atoms with Gasteiger partial charge in [-0.25, -0.2) is 0 Å². The van der Waals surface area contributed by atoms with Gasteiger partial charge in [0, 0.05) is 6.04 Å². The fourth-order valence-corrected chi connectivity index (χ4v) is 2.77. The lowest BCUT2D eigenvalue weighted by molar-refractivity contribution is 0.140. The molecule has 0 bridgehead atoms. The second-order valence-corrected chi connectivity index (χ2v) is 6.34. The SMILES string of the molecule is CC1(C)CCC(N)CCC(C)(C)C1. The molecule has 0 spiro atoms. The zero-order chi connectivity index (χ0) is 10.1. The van der Waals surface area contributed by atoms with Crippen LogP contribution in [-0.4, -0.2) is 6.04 Å². The summed E-state index contributed by atoms with van der Waals surface area (Å²) in [5.41, 5.74) is 7.02. The molecule has 1 fully saturated rings. The lowest BCUT2D eigenvalue weighted by Crippen LogP contribution is -2.32. The molecule has 2 N–H and O–H groups in total. The van der Waals surface area contributed by atoms with Gasteiger partial charge in [-0.15, -0.1) is 0 Å². The van der Waals surface area contributed by atoms with Crippen molar-refractivity contribution in [2.75, 3.05) is 0 Å². The molecular weight excluding hydrogens is 158 g/mol. The van der Waals surface area contributed by atoms with Gasteiger partial charge in [0.1, 0.15) is 0 Å². The lowest BCUT2D eigenvalue weighted by Gasteiger charge is -2.38. The summed E-state index contributed by atoms with van der Waals surface area (Å²) in [6.45, 7) is 9.53. The standard InChI is InChI=1S/C12H25N/c1-11(2)7-5-10(13)6-8-12(3,4)9-11/h10H,5-9,13H2,1-4H3. The van der Waals surface area contributed by atoms with Gasteiger partial charge in [0.05, 0.1) is 0 Å². The number of hydrogen-bond acceptors (Lipinski definition) is 1. The lowest BCUT2D eigenvalue weighted by atomic mass is 9.68. The third-order valence-corrected chi connectivity index (χ3v) is 3.34. The van der Waals surface area contributed by atoms with Gasteiger partial charge in [-0.3, -0.25) is 0 Å². The highest BCUT2D eigenvalue weighted by Gasteiger charge is 2.31. The molecule has 0 unspecified atom stereocenters. The molecule has 1 nitrogen and oxygen atoms in total. The molecule has 1 aliphatic rings. The molecule has 1 aliphatic carbocycles. The van der Waals surface area contributed by atoms with E-state index in [2.05, 4.69) is 27.7 Å². The number of nitrogens with two attached hydrogens (primary N) is 1. The topological polar surface area (TPSA) is 26.0 Å². The zero-order valence-corrected chi connectivity index (χ0v) is 9.69. The van der Waals surface area contributed by atoms with Crippen LogP contribution in [0.3, 0.4) is 0 Å². The highest BCUT2D eigenvalue weighted by atomic mass is 14.6. The second kappa shape index (κ2) is 3.61. The predicted octanol–water partition coefficient (Wildman–Crippen LogP) is 3.33. The summed E-state index contributed by atoms with van der Waals surface area (Å²) in [4.78, 5) is 0. The first-order valence-electron chi connectivity index (χ1n) is 5.56. The molecule has 0 aliphatic heterocycles. The van der Waals surface area contributed by atoms with Crippen LogP contribution >= 0.6 is 0 Å². The first-order chi connectivity index (χ1) is 5.81. The summed E-state index contributed by atoms with van der Waals surface area (Å²) in [7, 11) is 0. The summed E-state index contributed by atoms with van der Waals surface area (Å²) in [6, 6.07) is 0.443. The van der Waals surface area contributed by atoms with Crippen molar-refractivity contribution in [1.82, 2.24) is 0 Å².